The summed E-state index contributed by atoms with van der Waals surface area (Å²) in [5, 5.41) is 1.31. The first kappa shape index (κ1) is 20.4. The van der Waals surface area contributed by atoms with Crippen molar-refractivity contribution in [3.63, 3.8) is 0 Å². The zero-order valence-electron chi connectivity index (χ0n) is 16.4. The van der Waals surface area contributed by atoms with E-state index < -0.39 is 15.6 Å². The molecule has 0 bridgehead atoms. The van der Waals surface area contributed by atoms with Crippen LogP contribution < -0.4 is 10.5 Å². The minimum Gasteiger partial charge on any atom is -0.444 e. The van der Waals surface area contributed by atoms with Crippen molar-refractivity contribution in [2.45, 2.75) is 50.2 Å². The molecule has 7 nitrogen and oxygen atoms in total. The number of fused-ring (bicyclic) bond motifs is 1. The largest absolute Gasteiger partial charge is 0.444 e. The maximum Gasteiger partial charge on any atom is 0.410 e. The normalized spacial score (nSPS) is 16.3. The highest BCUT2D eigenvalue weighted by Crippen LogP contribution is 2.28. The molecule has 8 heteroatoms. The maximum absolute atomic E-state index is 13.0. The second-order valence-electron chi connectivity index (χ2n) is 8.06. The van der Waals surface area contributed by atoms with E-state index in [2.05, 4.69) is 4.72 Å². The summed E-state index contributed by atoms with van der Waals surface area (Å²) in [6, 6.07) is 10.1. The summed E-state index contributed by atoms with van der Waals surface area (Å²) >= 11 is 0. The number of benzene rings is 2. The van der Waals surface area contributed by atoms with Gasteiger partial charge in [-0.05, 0) is 45.7 Å². The Morgan fingerprint density at radius 2 is 1.71 bits per heavy atom. The van der Waals surface area contributed by atoms with Gasteiger partial charge in [-0.2, -0.15) is 0 Å². The zero-order chi connectivity index (χ0) is 20.5. The lowest BCUT2D eigenvalue weighted by Crippen LogP contribution is -2.47. The molecular formula is C20H27N3O4S. The van der Waals surface area contributed by atoms with Crippen LogP contribution in [0, 0.1) is 0 Å². The molecular weight excluding hydrogens is 378 g/mol. The van der Waals surface area contributed by atoms with E-state index in [1.165, 1.54) is 6.07 Å². The fourth-order valence-electron chi connectivity index (χ4n) is 3.32. The Hall–Kier alpha value is -2.32. The summed E-state index contributed by atoms with van der Waals surface area (Å²) in [5.41, 5.74) is 5.97. The molecule has 28 heavy (non-hydrogen) atoms. The van der Waals surface area contributed by atoms with Crippen molar-refractivity contribution in [2.75, 3.05) is 18.8 Å². The van der Waals surface area contributed by atoms with Crippen LogP contribution in [0.15, 0.2) is 41.3 Å². The number of anilines is 1. The zero-order valence-corrected chi connectivity index (χ0v) is 17.3. The topological polar surface area (TPSA) is 102 Å². The molecule has 152 valence electrons. The van der Waals surface area contributed by atoms with Crippen molar-refractivity contribution < 1.29 is 17.9 Å². The van der Waals surface area contributed by atoms with Crippen molar-refractivity contribution in [2.24, 2.45) is 0 Å². The molecule has 0 aromatic heterocycles. The number of carbonyl (C=O) groups excluding carboxylic acids is 1. The third-order valence-corrected chi connectivity index (χ3v) is 6.25. The van der Waals surface area contributed by atoms with Crippen LogP contribution in [0.4, 0.5) is 10.5 Å². The van der Waals surface area contributed by atoms with E-state index in [1.54, 1.807) is 23.1 Å². The van der Waals surface area contributed by atoms with Gasteiger partial charge in [-0.3, -0.25) is 0 Å². The standard InChI is InChI=1S/C20H27N3O4S/c1-20(2,3)27-19(24)23-12-10-14(11-13-23)22-28(25,26)18-9-8-17(21)15-6-4-5-7-16(15)18/h4-9,14,22H,10-13,21H2,1-3H3. The van der Waals surface area contributed by atoms with Crippen LogP contribution in [0.3, 0.4) is 0 Å². The molecule has 1 aliphatic heterocycles. The molecule has 3 rings (SSSR count). The Bertz CT molecular complexity index is 975. The number of ether oxygens (including phenoxy) is 1. The third kappa shape index (κ3) is 4.56. The van der Waals surface area contributed by atoms with E-state index >= 15 is 0 Å². The van der Waals surface area contributed by atoms with E-state index in [4.69, 9.17) is 10.5 Å². The second kappa shape index (κ2) is 7.60. The number of nitrogens with one attached hydrogen (secondary N) is 1. The molecule has 1 amide bonds. The average molecular weight is 406 g/mol. The summed E-state index contributed by atoms with van der Waals surface area (Å²) in [6.07, 6.45) is 0.704. The molecule has 0 atom stereocenters. The number of nitrogen functional groups attached to an aromatic ring is 1. The fourth-order valence-corrected chi connectivity index (χ4v) is 4.83. The number of piperidine rings is 1. The highest BCUT2D eigenvalue weighted by atomic mass is 32.2. The number of nitrogens with two attached hydrogens (primary N) is 1. The molecule has 0 spiro atoms. The molecule has 1 heterocycles. The van der Waals surface area contributed by atoms with Crippen LogP contribution in [0.5, 0.6) is 0 Å². The van der Waals surface area contributed by atoms with Crippen LogP contribution in [-0.4, -0.2) is 44.1 Å². The Labute approximate surface area is 165 Å². The van der Waals surface area contributed by atoms with Gasteiger partial charge < -0.3 is 15.4 Å². The van der Waals surface area contributed by atoms with Crippen molar-refractivity contribution in [3.8, 4) is 0 Å². The van der Waals surface area contributed by atoms with E-state index in [-0.39, 0.29) is 17.0 Å². The van der Waals surface area contributed by atoms with E-state index in [0.717, 1.165) is 0 Å². The molecule has 0 unspecified atom stereocenters. The van der Waals surface area contributed by atoms with Gasteiger partial charge in [0.2, 0.25) is 10.0 Å². The van der Waals surface area contributed by atoms with E-state index in [9.17, 15) is 13.2 Å². The minimum absolute atomic E-state index is 0.215. The molecule has 1 aliphatic rings. The number of sulfonamides is 1. The first-order chi connectivity index (χ1) is 13.1. The van der Waals surface area contributed by atoms with Gasteiger partial charge in [-0.1, -0.05) is 24.3 Å². The first-order valence-electron chi connectivity index (χ1n) is 9.34. The smallest absolute Gasteiger partial charge is 0.410 e. The number of amides is 1. The predicted molar refractivity (Wildman–Crippen MR) is 110 cm³/mol. The Kier molecular flexibility index (Phi) is 5.54. The van der Waals surface area contributed by atoms with Crippen molar-refractivity contribution in [1.82, 2.24) is 9.62 Å². The van der Waals surface area contributed by atoms with Crippen LogP contribution in [0.2, 0.25) is 0 Å². The number of rotatable bonds is 3. The average Bonchev–Trinajstić information content (AvgIpc) is 2.61. The molecule has 0 saturated carbocycles. The van der Waals surface area contributed by atoms with Gasteiger partial charge in [0.1, 0.15) is 5.60 Å². The first-order valence-corrected chi connectivity index (χ1v) is 10.8. The predicted octanol–water partition coefficient (Wildman–Crippen LogP) is 3.10. The van der Waals surface area contributed by atoms with Crippen LogP contribution >= 0.6 is 0 Å². The molecule has 2 aromatic rings. The van der Waals surface area contributed by atoms with Gasteiger partial charge in [0.25, 0.3) is 0 Å². The van der Waals surface area contributed by atoms with Gasteiger partial charge in [0.15, 0.2) is 0 Å². The van der Waals surface area contributed by atoms with Crippen molar-refractivity contribution in [3.05, 3.63) is 36.4 Å². The molecule has 0 aliphatic carbocycles. The van der Waals surface area contributed by atoms with Gasteiger partial charge in [-0.15, -0.1) is 0 Å². The molecule has 1 saturated heterocycles. The van der Waals surface area contributed by atoms with Crippen LogP contribution in [-0.2, 0) is 14.8 Å². The molecule has 2 aromatic carbocycles. The second-order valence-corrected chi connectivity index (χ2v) is 9.74. The van der Waals surface area contributed by atoms with Gasteiger partial charge in [-0.25, -0.2) is 17.9 Å². The third-order valence-electron chi connectivity index (χ3n) is 4.68. The molecule has 0 radical (unpaired) electrons. The van der Waals surface area contributed by atoms with Crippen LogP contribution in [0.1, 0.15) is 33.6 Å². The van der Waals surface area contributed by atoms with E-state index in [0.29, 0.717) is 42.4 Å². The summed E-state index contributed by atoms with van der Waals surface area (Å²) < 4.78 is 34.1. The SMILES string of the molecule is CC(C)(C)OC(=O)N1CCC(NS(=O)(=O)c2ccc(N)c3ccccc23)CC1. The number of hydrogen-bond donors (Lipinski definition) is 2. The van der Waals surface area contributed by atoms with Gasteiger partial charge in [0, 0.05) is 35.6 Å². The molecule has 1 fully saturated rings. The minimum atomic E-state index is -3.71. The monoisotopic (exact) mass is 405 g/mol. The summed E-state index contributed by atoms with van der Waals surface area (Å²) in [5.74, 6) is 0. The van der Waals surface area contributed by atoms with Gasteiger partial charge >= 0.3 is 6.09 Å². The lowest BCUT2D eigenvalue weighted by atomic mass is 10.1. The Morgan fingerprint density at radius 3 is 2.32 bits per heavy atom. The lowest BCUT2D eigenvalue weighted by molar-refractivity contribution is 0.0203. The summed E-state index contributed by atoms with van der Waals surface area (Å²) in [6.45, 7) is 6.36. The quantitative estimate of drug-likeness (QED) is 0.764. The molecule has 3 N–H and O–H groups in total. The van der Waals surface area contributed by atoms with Crippen molar-refractivity contribution >= 4 is 32.6 Å². The number of nitrogens with zero attached hydrogens (tertiary/aromatic N) is 1. The summed E-state index contributed by atoms with van der Waals surface area (Å²) in [4.78, 5) is 14.0. The van der Waals surface area contributed by atoms with Crippen molar-refractivity contribution in [1.29, 1.82) is 0 Å². The van der Waals surface area contributed by atoms with E-state index in [1.807, 2.05) is 32.9 Å². The van der Waals surface area contributed by atoms with Gasteiger partial charge in [0.05, 0.1) is 4.90 Å². The Morgan fingerprint density at radius 1 is 1.11 bits per heavy atom. The fraction of sp³-hybridized carbons (Fsp3) is 0.450. The number of likely N-dealkylation sites (tertiary alicyclic amines) is 1. The highest BCUT2D eigenvalue weighted by Gasteiger charge is 2.29. The maximum atomic E-state index is 13.0. The van der Waals surface area contributed by atoms with Crippen LogP contribution in [0.25, 0.3) is 10.8 Å². The number of hydrogen-bond acceptors (Lipinski definition) is 5. The lowest BCUT2D eigenvalue weighted by Gasteiger charge is -2.33. The Balaban J connectivity index is 1.70. The highest BCUT2D eigenvalue weighted by molar-refractivity contribution is 7.89. The number of carbonyl (C=O) groups is 1. The summed E-state index contributed by atoms with van der Waals surface area (Å²) in [7, 11) is -3.71.